The highest BCUT2D eigenvalue weighted by Crippen LogP contribution is 2.27. The first-order valence-corrected chi connectivity index (χ1v) is 10.7. The quantitative estimate of drug-likeness (QED) is 0.647. The highest BCUT2D eigenvalue weighted by Gasteiger charge is 2.18. The van der Waals surface area contributed by atoms with Crippen LogP contribution in [0.5, 0.6) is 11.5 Å². The van der Waals surface area contributed by atoms with Crippen LogP contribution in [0, 0.1) is 0 Å². The Balaban J connectivity index is 1.63. The van der Waals surface area contributed by atoms with Crippen molar-refractivity contribution in [1.29, 1.82) is 0 Å². The Morgan fingerprint density at radius 1 is 1.03 bits per heavy atom. The number of ether oxygens (including phenoxy) is 2. The first-order valence-electron chi connectivity index (χ1n) is 10.3. The molecule has 1 N–H and O–H groups in total. The summed E-state index contributed by atoms with van der Waals surface area (Å²) in [4.78, 5) is 17.3. The molecule has 162 valence electrons. The largest absolute Gasteiger partial charge is 0.493 e. The molecule has 0 bridgehead atoms. The molecule has 0 aromatic heterocycles. The van der Waals surface area contributed by atoms with Crippen LogP contribution < -0.4 is 14.8 Å². The zero-order valence-electron chi connectivity index (χ0n) is 17.7. The number of hydrogen-bond donors (Lipinski definition) is 1. The van der Waals surface area contributed by atoms with Gasteiger partial charge in [-0.15, -0.1) is 0 Å². The molecule has 2 aromatic rings. The fraction of sp³-hybridized carbons (Fsp3) is 0.435. The van der Waals surface area contributed by atoms with E-state index in [1.807, 2.05) is 47.4 Å². The minimum Gasteiger partial charge on any atom is -0.493 e. The number of benzene rings is 2. The number of urea groups is 1. The lowest BCUT2D eigenvalue weighted by Crippen LogP contribution is -2.43. The molecular formula is C23H30ClN3O3. The van der Waals surface area contributed by atoms with Gasteiger partial charge in [-0.1, -0.05) is 29.8 Å². The van der Waals surface area contributed by atoms with E-state index in [2.05, 4.69) is 10.2 Å². The molecule has 0 unspecified atom stereocenters. The fourth-order valence-corrected chi connectivity index (χ4v) is 3.74. The maximum Gasteiger partial charge on any atom is 0.318 e. The van der Waals surface area contributed by atoms with Crippen LogP contribution in [-0.4, -0.2) is 56.2 Å². The van der Waals surface area contributed by atoms with Gasteiger partial charge in [0.1, 0.15) is 0 Å². The van der Waals surface area contributed by atoms with Gasteiger partial charge in [-0.2, -0.15) is 0 Å². The molecule has 0 aliphatic carbocycles. The normalized spacial score (nSPS) is 13.8. The number of methoxy groups -OCH3 is 2. The summed E-state index contributed by atoms with van der Waals surface area (Å²) in [6.07, 6.45) is 2.48. The molecule has 2 aromatic carbocycles. The maximum atomic E-state index is 13.0. The van der Waals surface area contributed by atoms with Crippen molar-refractivity contribution in [3.63, 3.8) is 0 Å². The summed E-state index contributed by atoms with van der Waals surface area (Å²) in [5.41, 5.74) is 2.01. The summed E-state index contributed by atoms with van der Waals surface area (Å²) in [5, 5.41) is 3.74. The van der Waals surface area contributed by atoms with Crippen LogP contribution in [0.25, 0.3) is 0 Å². The van der Waals surface area contributed by atoms with Crippen molar-refractivity contribution in [1.82, 2.24) is 15.1 Å². The van der Waals surface area contributed by atoms with E-state index >= 15 is 0 Å². The zero-order chi connectivity index (χ0) is 21.3. The van der Waals surface area contributed by atoms with Gasteiger partial charge >= 0.3 is 6.03 Å². The first kappa shape index (κ1) is 22.2. The molecule has 7 heteroatoms. The van der Waals surface area contributed by atoms with E-state index in [0.717, 1.165) is 30.8 Å². The van der Waals surface area contributed by atoms with Gasteiger partial charge in [0.05, 0.1) is 14.2 Å². The molecule has 2 amide bonds. The lowest BCUT2D eigenvalue weighted by atomic mass is 10.2. The van der Waals surface area contributed by atoms with E-state index < -0.39 is 0 Å². The Hall–Kier alpha value is -2.44. The Labute approximate surface area is 183 Å². The summed E-state index contributed by atoms with van der Waals surface area (Å²) in [6, 6.07) is 13.2. The topological polar surface area (TPSA) is 54.0 Å². The molecular weight excluding hydrogens is 402 g/mol. The second-order valence-corrected chi connectivity index (χ2v) is 7.88. The summed E-state index contributed by atoms with van der Waals surface area (Å²) >= 11 is 6.00. The van der Waals surface area contributed by atoms with Gasteiger partial charge in [0.15, 0.2) is 11.5 Å². The minimum absolute atomic E-state index is 0.0843. The maximum absolute atomic E-state index is 13.0. The molecule has 0 spiro atoms. The van der Waals surface area contributed by atoms with Gasteiger partial charge < -0.3 is 24.6 Å². The summed E-state index contributed by atoms with van der Waals surface area (Å²) in [5.74, 6) is 1.32. The second kappa shape index (κ2) is 11.1. The van der Waals surface area contributed by atoms with Crippen molar-refractivity contribution in [2.45, 2.75) is 25.9 Å². The van der Waals surface area contributed by atoms with Crippen LogP contribution in [-0.2, 0) is 13.1 Å². The van der Waals surface area contributed by atoms with E-state index in [0.29, 0.717) is 36.2 Å². The second-order valence-electron chi connectivity index (χ2n) is 7.44. The molecule has 1 fully saturated rings. The predicted octanol–water partition coefficient (Wildman–Crippen LogP) is 4.16. The summed E-state index contributed by atoms with van der Waals surface area (Å²) in [7, 11) is 3.21. The summed E-state index contributed by atoms with van der Waals surface area (Å²) < 4.78 is 10.6. The SMILES string of the molecule is COc1ccc(CNC(=O)N(CCN2CCCC2)Cc2ccc(Cl)cc2)cc1OC. The third-order valence-electron chi connectivity index (χ3n) is 5.35. The Morgan fingerprint density at radius 3 is 2.37 bits per heavy atom. The van der Waals surface area contributed by atoms with Crippen molar-refractivity contribution in [3.05, 3.63) is 58.6 Å². The lowest BCUT2D eigenvalue weighted by Gasteiger charge is -2.26. The van der Waals surface area contributed by atoms with Crippen molar-refractivity contribution in [2.75, 3.05) is 40.4 Å². The molecule has 0 saturated carbocycles. The van der Waals surface area contributed by atoms with E-state index in [4.69, 9.17) is 21.1 Å². The van der Waals surface area contributed by atoms with Crippen LogP contribution in [0.2, 0.25) is 5.02 Å². The number of carbonyl (C=O) groups excluding carboxylic acids is 1. The molecule has 0 atom stereocenters. The van der Waals surface area contributed by atoms with E-state index in [1.165, 1.54) is 12.8 Å². The van der Waals surface area contributed by atoms with Crippen LogP contribution in [0.4, 0.5) is 4.79 Å². The van der Waals surface area contributed by atoms with E-state index in [-0.39, 0.29) is 6.03 Å². The van der Waals surface area contributed by atoms with Crippen molar-refractivity contribution >= 4 is 17.6 Å². The number of nitrogens with zero attached hydrogens (tertiary/aromatic N) is 2. The Morgan fingerprint density at radius 2 is 1.70 bits per heavy atom. The predicted molar refractivity (Wildman–Crippen MR) is 119 cm³/mol. The van der Waals surface area contributed by atoms with Crippen molar-refractivity contribution in [3.8, 4) is 11.5 Å². The Bertz CT molecular complexity index is 823. The van der Waals surface area contributed by atoms with Gasteiger partial charge in [0.25, 0.3) is 0 Å². The molecule has 30 heavy (non-hydrogen) atoms. The number of nitrogens with one attached hydrogen (secondary N) is 1. The standard InChI is InChI=1S/C23H30ClN3O3/c1-29-21-10-7-19(15-22(21)30-2)16-25-23(28)27(14-13-26-11-3-4-12-26)17-18-5-8-20(24)9-6-18/h5-10,15H,3-4,11-14,16-17H2,1-2H3,(H,25,28). The molecule has 6 nitrogen and oxygen atoms in total. The summed E-state index contributed by atoms with van der Waals surface area (Å²) in [6.45, 7) is 4.75. The third-order valence-corrected chi connectivity index (χ3v) is 5.60. The van der Waals surface area contributed by atoms with Crippen LogP contribution in [0.1, 0.15) is 24.0 Å². The fourth-order valence-electron chi connectivity index (χ4n) is 3.61. The van der Waals surface area contributed by atoms with Crippen molar-refractivity contribution < 1.29 is 14.3 Å². The van der Waals surface area contributed by atoms with E-state index in [9.17, 15) is 4.79 Å². The molecule has 3 rings (SSSR count). The minimum atomic E-state index is -0.0843. The molecule has 1 saturated heterocycles. The third kappa shape index (κ3) is 6.28. The van der Waals surface area contributed by atoms with Crippen LogP contribution in [0.3, 0.4) is 0 Å². The van der Waals surface area contributed by atoms with Crippen LogP contribution >= 0.6 is 11.6 Å². The number of carbonyl (C=O) groups is 1. The van der Waals surface area contributed by atoms with Crippen LogP contribution in [0.15, 0.2) is 42.5 Å². The van der Waals surface area contributed by atoms with Gasteiger partial charge in [0, 0.05) is 31.2 Å². The smallest absolute Gasteiger partial charge is 0.318 e. The van der Waals surface area contributed by atoms with E-state index in [1.54, 1.807) is 14.2 Å². The molecule has 1 aliphatic heterocycles. The van der Waals surface area contributed by atoms with Crippen molar-refractivity contribution in [2.24, 2.45) is 0 Å². The monoisotopic (exact) mass is 431 g/mol. The van der Waals surface area contributed by atoms with Gasteiger partial charge in [-0.25, -0.2) is 4.79 Å². The number of hydrogen-bond acceptors (Lipinski definition) is 4. The zero-order valence-corrected chi connectivity index (χ0v) is 18.5. The van der Waals surface area contributed by atoms with Gasteiger partial charge in [-0.3, -0.25) is 0 Å². The number of amides is 2. The number of likely N-dealkylation sites (tertiary alicyclic amines) is 1. The average Bonchev–Trinajstić information content (AvgIpc) is 3.29. The van der Waals surface area contributed by atoms with Gasteiger partial charge in [-0.05, 0) is 61.3 Å². The highest BCUT2D eigenvalue weighted by atomic mass is 35.5. The highest BCUT2D eigenvalue weighted by molar-refractivity contribution is 6.30. The van der Waals surface area contributed by atoms with Gasteiger partial charge in [0.2, 0.25) is 0 Å². The average molecular weight is 432 g/mol. The lowest BCUT2D eigenvalue weighted by molar-refractivity contribution is 0.184. The number of rotatable bonds is 9. The molecule has 1 heterocycles. The first-order chi connectivity index (χ1) is 14.6. The number of halogens is 1. The Kier molecular flexibility index (Phi) is 8.22. The molecule has 1 aliphatic rings. The molecule has 0 radical (unpaired) electrons.